The number of methoxy groups -OCH3 is 2. The number of para-hydroxylation sites is 1. The third-order valence-corrected chi connectivity index (χ3v) is 6.67. The fourth-order valence-electron chi connectivity index (χ4n) is 4.27. The SMILES string of the molecule is CCOC(=O)c1c(NC(=O)c2cccc(OC)c2OC)sc2c1CC(C)(C)NC2(C)C.Cl. The molecular formula is C23H31ClN2O5S. The van der Waals surface area contributed by atoms with E-state index in [1.807, 2.05) is 0 Å². The lowest BCUT2D eigenvalue weighted by atomic mass is 9.81. The molecule has 9 heteroatoms. The summed E-state index contributed by atoms with van der Waals surface area (Å²) in [4.78, 5) is 27.1. The Hall–Kier alpha value is -2.29. The maximum Gasteiger partial charge on any atom is 0.341 e. The van der Waals surface area contributed by atoms with Crippen molar-refractivity contribution in [3.8, 4) is 11.5 Å². The molecule has 1 amide bonds. The molecule has 1 aromatic carbocycles. The van der Waals surface area contributed by atoms with E-state index in [2.05, 4.69) is 38.3 Å². The van der Waals surface area contributed by atoms with Gasteiger partial charge in [-0.2, -0.15) is 0 Å². The molecule has 32 heavy (non-hydrogen) atoms. The lowest BCUT2D eigenvalue weighted by Gasteiger charge is -2.42. The van der Waals surface area contributed by atoms with Gasteiger partial charge in [-0.05, 0) is 58.7 Å². The van der Waals surface area contributed by atoms with E-state index in [0.29, 0.717) is 34.0 Å². The topological polar surface area (TPSA) is 85.9 Å². The molecule has 2 heterocycles. The standard InChI is InChI=1S/C23H30N2O5S.ClH/c1-8-30-21(27)16-14-12-22(2,3)25-23(4,5)18(14)31-20(16)24-19(26)13-10-9-11-15(28-6)17(13)29-7;/h9-11,25H,8,12H2,1-7H3,(H,24,26);1H. The second-order valence-corrected chi connectivity index (χ2v) is 9.66. The van der Waals surface area contributed by atoms with E-state index in [4.69, 9.17) is 14.2 Å². The van der Waals surface area contributed by atoms with Crippen LogP contribution in [0.5, 0.6) is 11.5 Å². The lowest BCUT2D eigenvalue weighted by Crippen LogP contribution is -2.55. The molecule has 2 N–H and O–H groups in total. The zero-order valence-corrected chi connectivity index (χ0v) is 21.1. The Bertz CT molecular complexity index is 1020. The Labute approximate surface area is 199 Å². The number of nitrogens with one attached hydrogen (secondary N) is 2. The Kier molecular flexibility index (Phi) is 7.86. The molecule has 1 aliphatic rings. The van der Waals surface area contributed by atoms with Crippen molar-refractivity contribution in [3.05, 3.63) is 39.8 Å². The van der Waals surface area contributed by atoms with Gasteiger partial charge in [0.2, 0.25) is 0 Å². The molecule has 0 saturated carbocycles. The number of hydrogen-bond acceptors (Lipinski definition) is 7. The first kappa shape index (κ1) is 26.0. The molecule has 1 aliphatic heterocycles. The largest absolute Gasteiger partial charge is 0.493 e. The third kappa shape index (κ3) is 4.87. The molecule has 0 unspecified atom stereocenters. The minimum atomic E-state index is -0.429. The van der Waals surface area contributed by atoms with Crippen LogP contribution >= 0.6 is 23.7 Å². The van der Waals surface area contributed by atoms with Gasteiger partial charge in [-0.15, -0.1) is 23.7 Å². The van der Waals surface area contributed by atoms with Crippen molar-refractivity contribution in [2.45, 2.75) is 52.1 Å². The number of fused-ring (bicyclic) bond motifs is 1. The average molecular weight is 483 g/mol. The van der Waals surface area contributed by atoms with Crippen LogP contribution in [0.1, 0.15) is 65.8 Å². The van der Waals surface area contributed by atoms with Crippen molar-refractivity contribution in [1.29, 1.82) is 0 Å². The number of halogens is 1. The van der Waals surface area contributed by atoms with E-state index >= 15 is 0 Å². The van der Waals surface area contributed by atoms with Crippen molar-refractivity contribution >= 4 is 40.6 Å². The van der Waals surface area contributed by atoms with Crippen LogP contribution in [0.4, 0.5) is 5.00 Å². The molecule has 0 radical (unpaired) electrons. The summed E-state index contributed by atoms with van der Waals surface area (Å²) >= 11 is 1.40. The average Bonchev–Trinajstić information content (AvgIpc) is 3.04. The Morgan fingerprint density at radius 3 is 2.44 bits per heavy atom. The third-order valence-electron chi connectivity index (χ3n) is 5.20. The molecule has 3 rings (SSSR count). The van der Waals surface area contributed by atoms with Gasteiger partial charge in [0.1, 0.15) is 5.00 Å². The summed E-state index contributed by atoms with van der Waals surface area (Å²) in [6.07, 6.45) is 0.648. The van der Waals surface area contributed by atoms with Crippen LogP contribution in [0.3, 0.4) is 0 Å². The number of amides is 1. The molecular weight excluding hydrogens is 452 g/mol. The summed E-state index contributed by atoms with van der Waals surface area (Å²) in [6, 6.07) is 5.10. The molecule has 1 aromatic heterocycles. The van der Waals surface area contributed by atoms with Gasteiger partial charge in [0.05, 0.1) is 32.0 Å². The first-order valence-corrected chi connectivity index (χ1v) is 11.0. The number of carbonyl (C=O) groups is 2. The lowest BCUT2D eigenvalue weighted by molar-refractivity contribution is 0.0525. The first-order chi connectivity index (χ1) is 14.5. The molecule has 7 nitrogen and oxygen atoms in total. The molecule has 0 atom stereocenters. The van der Waals surface area contributed by atoms with E-state index in [0.717, 1.165) is 10.4 Å². The van der Waals surface area contributed by atoms with Gasteiger partial charge in [-0.1, -0.05) is 6.07 Å². The highest BCUT2D eigenvalue weighted by Gasteiger charge is 2.42. The minimum absolute atomic E-state index is 0. The van der Waals surface area contributed by atoms with Crippen LogP contribution in [-0.4, -0.2) is 38.2 Å². The fourth-order valence-corrected chi connectivity index (χ4v) is 5.53. The molecule has 0 fully saturated rings. The van der Waals surface area contributed by atoms with E-state index in [9.17, 15) is 9.59 Å². The molecule has 0 saturated heterocycles. The molecule has 0 aliphatic carbocycles. The quantitative estimate of drug-likeness (QED) is 0.576. The summed E-state index contributed by atoms with van der Waals surface area (Å²) in [5, 5.41) is 7.03. The van der Waals surface area contributed by atoms with E-state index in [-0.39, 0.29) is 36.0 Å². The van der Waals surface area contributed by atoms with Crippen molar-refractivity contribution in [3.63, 3.8) is 0 Å². The molecule has 0 bridgehead atoms. The van der Waals surface area contributed by atoms with Gasteiger partial charge < -0.3 is 24.8 Å². The first-order valence-electron chi connectivity index (χ1n) is 10.2. The van der Waals surface area contributed by atoms with Crippen LogP contribution in [0.15, 0.2) is 18.2 Å². The Morgan fingerprint density at radius 2 is 1.84 bits per heavy atom. The second-order valence-electron chi connectivity index (χ2n) is 8.64. The number of anilines is 1. The normalized spacial score (nSPS) is 15.7. The number of hydrogen-bond donors (Lipinski definition) is 2. The highest BCUT2D eigenvalue weighted by atomic mass is 35.5. The highest BCUT2D eigenvalue weighted by molar-refractivity contribution is 7.17. The summed E-state index contributed by atoms with van der Waals surface area (Å²) in [5.41, 5.74) is 1.10. The zero-order chi connectivity index (χ0) is 23.0. The number of carbonyl (C=O) groups excluding carboxylic acids is 2. The van der Waals surface area contributed by atoms with Gasteiger partial charge in [0.25, 0.3) is 5.91 Å². The summed E-state index contributed by atoms with van der Waals surface area (Å²) < 4.78 is 16.1. The number of rotatable bonds is 6. The van der Waals surface area contributed by atoms with Crippen LogP contribution in [0, 0.1) is 0 Å². The van der Waals surface area contributed by atoms with E-state index < -0.39 is 5.97 Å². The van der Waals surface area contributed by atoms with Gasteiger partial charge in [-0.25, -0.2) is 4.79 Å². The van der Waals surface area contributed by atoms with Crippen molar-refractivity contribution in [2.75, 3.05) is 26.1 Å². The van der Waals surface area contributed by atoms with E-state index in [1.165, 1.54) is 25.6 Å². The van der Waals surface area contributed by atoms with Crippen molar-refractivity contribution < 1.29 is 23.8 Å². The second kappa shape index (κ2) is 9.68. The monoisotopic (exact) mass is 482 g/mol. The number of esters is 1. The molecule has 0 spiro atoms. The molecule has 176 valence electrons. The predicted octanol–water partition coefficient (Wildman–Crippen LogP) is 4.78. The smallest absolute Gasteiger partial charge is 0.341 e. The van der Waals surface area contributed by atoms with Crippen LogP contribution in [-0.2, 0) is 16.7 Å². The van der Waals surface area contributed by atoms with Gasteiger partial charge in [-0.3, -0.25) is 4.79 Å². The Morgan fingerprint density at radius 1 is 1.16 bits per heavy atom. The molecule has 2 aromatic rings. The minimum Gasteiger partial charge on any atom is -0.493 e. The number of thiophene rings is 1. The number of benzene rings is 1. The number of ether oxygens (including phenoxy) is 3. The maximum absolute atomic E-state index is 13.2. The highest BCUT2D eigenvalue weighted by Crippen LogP contribution is 2.45. The summed E-state index contributed by atoms with van der Waals surface area (Å²) in [6.45, 7) is 10.4. The summed E-state index contributed by atoms with van der Waals surface area (Å²) in [5.74, 6) is -0.0192. The van der Waals surface area contributed by atoms with Crippen molar-refractivity contribution in [2.24, 2.45) is 0 Å². The maximum atomic E-state index is 13.2. The predicted molar refractivity (Wildman–Crippen MR) is 129 cm³/mol. The van der Waals surface area contributed by atoms with Gasteiger partial charge in [0.15, 0.2) is 11.5 Å². The van der Waals surface area contributed by atoms with Crippen molar-refractivity contribution in [1.82, 2.24) is 5.32 Å². The summed E-state index contributed by atoms with van der Waals surface area (Å²) in [7, 11) is 3.00. The van der Waals surface area contributed by atoms with Gasteiger partial charge in [0, 0.05) is 16.0 Å². The fraction of sp³-hybridized carbons (Fsp3) is 0.478. The van der Waals surface area contributed by atoms with Crippen LogP contribution < -0.4 is 20.1 Å². The van der Waals surface area contributed by atoms with Gasteiger partial charge >= 0.3 is 5.97 Å². The zero-order valence-electron chi connectivity index (χ0n) is 19.5. The van der Waals surface area contributed by atoms with E-state index in [1.54, 1.807) is 25.1 Å². The van der Waals surface area contributed by atoms with Crippen LogP contribution in [0.2, 0.25) is 0 Å². The Balaban J connectivity index is 0.00000363. The van der Waals surface area contributed by atoms with Crippen LogP contribution in [0.25, 0.3) is 0 Å².